The molecule has 1 atom stereocenters. The predicted octanol–water partition coefficient (Wildman–Crippen LogP) is 1.56. The molecule has 1 N–H and O–H groups in total. The summed E-state index contributed by atoms with van der Waals surface area (Å²) in [4.78, 5) is 14.0. The van der Waals surface area contributed by atoms with Gasteiger partial charge in [0.05, 0.1) is 12.3 Å². The SMILES string of the molecule is CC(C)CCn1cc(C(=O)N(CC(C)O)C(C)C)nn1. The Morgan fingerprint density at radius 1 is 1.35 bits per heavy atom. The van der Waals surface area contributed by atoms with Gasteiger partial charge in [0.25, 0.3) is 5.91 Å². The lowest BCUT2D eigenvalue weighted by molar-refractivity contribution is 0.0573. The highest BCUT2D eigenvalue weighted by Crippen LogP contribution is 2.08. The molecule has 0 aliphatic carbocycles. The first-order valence-electron chi connectivity index (χ1n) is 7.20. The number of rotatable bonds is 7. The Bertz CT molecular complexity index is 427. The van der Waals surface area contributed by atoms with Crippen LogP contribution >= 0.6 is 0 Å². The van der Waals surface area contributed by atoms with Crippen LogP contribution in [-0.4, -0.2) is 49.6 Å². The van der Waals surface area contributed by atoms with Crippen LogP contribution in [0.2, 0.25) is 0 Å². The zero-order chi connectivity index (χ0) is 15.3. The number of hydrogen-bond donors (Lipinski definition) is 1. The zero-order valence-electron chi connectivity index (χ0n) is 13.1. The van der Waals surface area contributed by atoms with Crippen molar-refractivity contribution in [1.29, 1.82) is 0 Å². The lowest BCUT2D eigenvalue weighted by atomic mass is 10.1. The second-order valence-corrected chi connectivity index (χ2v) is 5.95. The van der Waals surface area contributed by atoms with Gasteiger partial charge < -0.3 is 10.0 Å². The Morgan fingerprint density at radius 2 is 2.00 bits per heavy atom. The van der Waals surface area contributed by atoms with Crippen molar-refractivity contribution in [1.82, 2.24) is 19.9 Å². The molecule has 0 bridgehead atoms. The average molecular weight is 282 g/mol. The maximum atomic E-state index is 12.4. The molecule has 1 rings (SSSR count). The number of nitrogens with zero attached hydrogens (tertiary/aromatic N) is 4. The highest BCUT2D eigenvalue weighted by Gasteiger charge is 2.22. The molecule has 1 aromatic heterocycles. The summed E-state index contributed by atoms with van der Waals surface area (Å²) in [5.74, 6) is 0.400. The summed E-state index contributed by atoms with van der Waals surface area (Å²) >= 11 is 0. The molecule has 0 aromatic carbocycles. The number of hydrogen-bond acceptors (Lipinski definition) is 4. The first-order chi connectivity index (χ1) is 9.31. The van der Waals surface area contributed by atoms with E-state index in [0.717, 1.165) is 13.0 Å². The van der Waals surface area contributed by atoms with Crippen LogP contribution in [-0.2, 0) is 6.54 Å². The van der Waals surface area contributed by atoms with Crippen LogP contribution in [0.3, 0.4) is 0 Å². The summed E-state index contributed by atoms with van der Waals surface area (Å²) in [6.45, 7) is 10.9. The number of aliphatic hydroxyl groups excluding tert-OH is 1. The molecule has 20 heavy (non-hydrogen) atoms. The maximum absolute atomic E-state index is 12.4. The molecule has 0 aliphatic rings. The van der Waals surface area contributed by atoms with Gasteiger partial charge in [0.15, 0.2) is 5.69 Å². The number of aryl methyl sites for hydroxylation is 1. The van der Waals surface area contributed by atoms with Crippen LogP contribution in [0.1, 0.15) is 51.5 Å². The number of aromatic nitrogens is 3. The van der Waals surface area contributed by atoms with Crippen LogP contribution in [0.4, 0.5) is 0 Å². The third kappa shape index (κ3) is 4.92. The van der Waals surface area contributed by atoms with E-state index in [1.807, 2.05) is 13.8 Å². The number of carbonyl (C=O) groups is 1. The van der Waals surface area contributed by atoms with Crippen LogP contribution < -0.4 is 0 Å². The molecule has 1 heterocycles. The third-order valence-corrected chi connectivity index (χ3v) is 3.04. The van der Waals surface area contributed by atoms with E-state index in [1.165, 1.54) is 0 Å². The molecule has 114 valence electrons. The molecule has 6 nitrogen and oxygen atoms in total. The average Bonchev–Trinajstić information content (AvgIpc) is 2.80. The Morgan fingerprint density at radius 3 is 2.50 bits per heavy atom. The van der Waals surface area contributed by atoms with Crippen molar-refractivity contribution in [3.05, 3.63) is 11.9 Å². The second-order valence-electron chi connectivity index (χ2n) is 5.95. The van der Waals surface area contributed by atoms with Crippen LogP contribution in [0, 0.1) is 5.92 Å². The van der Waals surface area contributed by atoms with Gasteiger partial charge in [0.2, 0.25) is 0 Å². The summed E-state index contributed by atoms with van der Waals surface area (Å²) in [6, 6.07) is 0.0120. The zero-order valence-corrected chi connectivity index (χ0v) is 13.1. The van der Waals surface area contributed by atoms with E-state index in [0.29, 0.717) is 18.2 Å². The van der Waals surface area contributed by atoms with Crippen molar-refractivity contribution in [2.24, 2.45) is 5.92 Å². The predicted molar refractivity (Wildman–Crippen MR) is 77.3 cm³/mol. The summed E-state index contributed by atoms with van der Waals surface area (Å²) < 4.78 is 1.70. The van der Waals surface area contributed by atoms with Gasteiger partial charge in [0, 0.05) is 19.1 Å². The van der Waals surface area contributed by atoms with E-state index in [9.17, 15) is 9.90 Å². The van der Waals surface area contributed by atoms with Crippen molar-refractivity contribution < 1.29 is 9.90 Å². The van der Waals surface area contributed by atoms with Crippen molar-refractivity contribution in [2.75, 3.05) is 6.54 Å². The minimum absolute atomic E-state index is 0.0120. The fourth-order valence-electron chi connectivity index (χ4n) is 1.86. The maximum Gasteiger partial charge on any atom is 0.276 e. The van der Waals surface area contributed by atoms with Crippen molar-refractivity contribution in [3.63, 3.8) is 0 Å². The van der Waals surface area contributed by atoms with Crippen LogP contribution in [0.5, 0.6) is 0 Å². The first kappa shape index (κ1) is 16.6. The van der Waals surface area contributed by atoms with E-state index >= 15 is 0 Å². The summed E-state index contributed by atoms with van der Waals surface area (Å²) in [7, 11) is 0. The fraction of sp³-hybridized carbons (Fsp3) is 0.786. The minimum atomic E-state index is -0.558. The highest BCUT2D eigenvalue weighted by atomic mass is 16.3. The molecule has 0 radical (unpaired) electrons. The molecule has 0 spiro atoms. The van der Waals surface area contributed by atoms with E-state index in [4.69, 9.17) is 0 Å². The third-order valence-electron chi connectivity index (χ3n) is 3.04. The van der Waals surface area contributed by atoms with Crippen molar-refractivity contribution in [3.8, 4) is 0 Å². The molecule has 0 aliphatic heterocycles. The molecule has 6 heteroatoms. The van der Waals surface area contributed by atoms with Gasteiger partial charge in [-0.2, -0.15) is 0 Å². The monoisotopic (exact) mass is 282 g/mol. The summed E-state index contributed by atoms with van der Waals surface area (Å²) in [5.41, 5.74) is 0.336. The molecular weight excluding hydrogens is 256 g/mol. The summed E-state index contributed by atoms with van der Waals surface area (Å²) in [5, 5.41) is 17.4. The van der Waals surface area contributed by atoms with Gasteiger partial charge in [-0.05, 0) is 33.1 Å². The largest absolute Gasteiger partial charge is 0.392 e. The normalized spacial score (nSPS) is 13.0. The smallest absolute Gasteiger partial charge is 0.276 e. The number of aliphatic hydroxyl groups is 1. The topological polar surface area (TPSA) is 71.2 Å². The van der Waals surface area contributed by atoms with Gasteiger partial charge in [-0.15, -0.1) is 5.10 Å². The lowest BCUT2D eigenvalue weighted by Crippen LogP contribution is -2.41. The van der Waals surface area contributed by atoms with Gasteiger partial charge in [-0.3, -0.25) is 9.48 Å². The molecule has 0 saturated carbocycles. The molecule has 1 amide bonds. The lowest BCUT2D eigenvalue weighted by Gasteiger charge is -2.26. The molecular formula is C14H26N4O2. The summed E-state index contributed by atoms with van der Waals surface area (Å²) in [6.07, 6.45) is 2.12. The highest BCUT2D eigenvalue weighted by molar-refractivity contribution is 5.92. The van der Waals surface area contributed by atoms with Crippen LogP contribution in [0.15, 0.2) is 6.20 Å². The van der Waals surface area contributed by atoms with E-state index < -0.39 is 6.10 Å². The van der Waals surface area contributed by atoms with E-state index in [2.05, 4.69) is 24.2 Å². The van der Waals surface area contributed by atoms with Crippen LogP contribution in [0.25, 0.3) is 0 Å². The Labute approximate surface area is 120 Å². The van der Waals surface area contributed by atoms with E-state index in [1.54, 1.807) is 22.7 Å². The second kappa shape index (κ2) is 7.38. The molecule has 1 aromatic rings. The molecule has 0 saturated heterocycles. The standard InChI is InChI=1S/C14H26N4O2/c1-10(2)6-7-17-9-13(15-16-17)14(20)18(11(3)4)8-12(5)19/h9-12,19H,6-8H2,1-5H3. The van der Waals surface area contributed by atoms with Crippen molar-refractivity contribution in [2.45, 2.75) is 59.7 Å². The Kier molecular flexibility index (Phi) is 6.13. The van der Waals surface area contributed by atoms with Gasteiger partial charge in [-0.1, -0.05) is 19.1 Å². The Hall–Kier alpha value is -1.43. The number of amides is 1. The molecule has 1 unspecified atom stereocenters. The fourth-order valence-corrected chi connectivity index (χ4v) is 1.86. The van der Waals surface area contributed by atoms with Crippen molar-refractivity contribution >= 4 is 5.91 Å². The van der Waals surface area contributed by atoms with E-state index in [-0.39, 0.29) is 11.9 Å². The van der Waals surface area contributed by atoms with Gasteiger partial charge in [-0.25, -0.2) is 0 Å². The van der Waals surface area contributed by atoms with Gasteiger partial charge >= 0.3 is 0 Å². The van der Waals surface area contributed by atoms with Gasteiger partial charge in [0.1, 0.15) is 0 Å². The quantitative estimate of drug-likeness (QED) is 0.823. The Balaban J connectivity index is 2.74. The minimum Gasteiger partial charge on any atom is -0.392 e. The first-order valence-corrected chi connectivity index (χ1v) is 7.20. The molecule has 0 fully saturated rings. The number of carbonyl (C=O) groups excluding carboxylic acids is 1.